The molecule has 0 aromatic carbocycles. The maximum absolute atomic E-state index is 11.2. The predicted octanol–water partition coefficient (Wildman–Crippen LogP) is 1.66. The molecule has 114 valence electrons. The second-order valence-corrected chi connectivity index (χ2v) is 9.06. The van der Waals surface area contributed by atoms with Crippen molar-refractivity contribution in [2.75, 3.05) is 31.6 Å². The molecule has 0 amide bonds. The van der Waals surface area contributed by atoms with E-state index in [1.807, 2.05) is 0 Å². The van der Waals surface area contributed by atoms with E-state index in [2.05, 4.69) is 31.0 Å². The number of rotatable bonds is 6. The lowest BCUT2D eigenvalue weighted by Gasteiger charge is -2.37. The minimum atomic E-state index is -2.82. The molecule has 1 aliphatic heterocycles. The van der Waals surface area contributed by atoms with E-state index in [9.17, 15) is 8.42 Å². The van der Waals surface area contributed by atoms with E-state index >= 15 is 0 Å². The maximum atomic E-state index is 11.2. The second-order valence-electron chi connectivity index (χ2n) is 6.80. The summed E-state index contributed by atoms with van der Waals surface area (Å²) in [6, 6.07) is 0.563. The molecule has 1 fully saturated rings. The van der Waals surface area contributed by atoms with Crippen molar-refractivity contribution in [3.8, 4) is 0 Å². The van der Waals surface area contributed by atoms with Crippen LogP contribution in [-0.2, 0) is 9.84 Å². The Morgan fingerprint density at radius 1 is 1.26 bits per heavy atom. The maximum Gasteiger partial charge on any atom is 0.147 e. The Morgan fingerprint density at radius 2 is 1.95 bits per heavy atom. The Hall–Kier alpha value is -0.130. The summed E-state index contributed by atoms with van der Waals surface area (Å²) in [6.45, 7) is 9.57. The lowest BCUT2D eigenvalue weighted by Crippen LogP contribution is -2.50. The summed E-state index contributed by atoms with van der Waals surface area (Å²) in [5.74, 6) is 0.308. The van der Waals surface area contributed by atoms with Crippen molar-refractivity contribution in [1.29, 1.82) is 0 Å². The molecule has 0 bridgehead atoms. The molecule has 5 heteroatoms. The monoisotopic (exact) mass is 290 g/mol. The van der Waals surface area contributed by atoms with Crippen molar-refractivity contribution < 1.29 is 8.42 Å². The highest BCUT2D eigenvalue weighted by atomic mass is 32.2. The van der Waals surface area contributed by atoms with E-state index in [-0.39, 0.29) is 5.54 Å². The fourth-order valence-electron chi connectivity index (χ4n) is 2.54. The van der Waals surface area contributed by atoms with Crippen LogP contribution in [0.4, 0.5) is 0 Å². The molecule has 1 atom stereocenters. The lowest BCUT2D eigenvalue weighted by atomic mass is 10.0. The zero-order chi connectivity index (χ0) is 14.5. The van der Waals surface area contributed by atoms with Gasteiger partial charge in [-0.3, -0.25) is 4.90 Å². The second kappa shape index (κ2) is 7.04. The number of hydrogen-bond acceptors (Lipinski definition) is 4. The molecule has 4 nitrogen and oxygen atoms in total. The van der Waals surface area contributed by atoms with Gasteiger partial charge in [0.25, 0.3) is 0 Å². The first-order valence-electron chi connectivity index (χ1n) is 7.34. The first-order chi connectivity index (χ1) is 8.67. The van der Waals surface area contributed by atoms with Gasteiger partial charge in [0.05, 0.1) is 5.75 Å². The van der Waals surface area contributed by atoms with Gasteiger partial charge in [-0.05, 0) is 53.1 Å². The van der Waals surface area contributed by atoms with Crippen LogP contribution in [0.1, 0.15) is 46.5 Å². The quantitative estimate of drug-likeness (QED) is 0.808. The van der Waals surface area contributed by atoms with Gasteiger partial charge in [-0.25, -0.2) is 8.42 Å². The molecule has 0 spiro atoms. The fraction of sp³-hybridized carbons (Fsp3) is 1.00. The van der Waals surface area contributed by atoms with Crippen LogP contribution in [0.5, 0.6) is 0 Å². The highest BCUT2D eigenvalue weighted by Crippen LogP contribution is 2.17. The molecule has 0 aliphatic carbocycles. The SMILES string of the molecule is CC(C)(C)NCC1CCCCN1CCCS(C)(=O)=O. The average Bonchev–Trinajstić information content (AvgIpc) is 2.25. The summed E-state index contributed by atoms with van der Waals surface area (Å²) >= 11 is 0. The Balaban J connectivity index is 2.39. The summed E-state index contributed by atoms with van der Waals surface area (Å²) in [5, 5.41) is 3.57. The molecule has 0 aromatic rings. The van der Waals surface area contributed by atoms with Gasteiger partial charge in [0.15, 0.2) is 0 Å². The summed E-state index contributed by atoms with van der Waals surface area (Å²) in [4.78, 5) is 2.47. The van der Waals surface area contributed by atoms with Crippen LogP contribution in [0.25, 0.3) is 0 Å². The molecule has 1 heterocycles. The number of hydrogen-bond donors (Lipinski definition) is 1. The first kappa shape index (κ1) is 16.9. The van der Waals surface area contributed by atoms with Gasteiger partial charge >= 0.3 is 0 Å². The van der Waals surface area contributed by atoms with Crippen LogP contribution >= 0.6 is 0 Å². The zero-order valence-electron chi connectivity index (χ0n) is 12.9. The van der Waals surface area contributed by atoms with Crippen molar-refractivity contribution in [2.45, 2.75) is 58.0 Å². The number of sulfone groups is 1. The van der Waals surface area contributed by atoms with Crippen LogP contribution in [0.15, 0.2) is 0 Å². The van der Waals surface area contributed by atoms with E-state index < -0.39 is 9.84 Å². The van der Waals surface area contributed by atoms with E-state index in [4.69, 9.17) is 0 Å². The van der Waals surface area contributed by atoms with Crippen LogP contribution in [0.3, 0.4) is 0 Å². The predicted molar refractivity (Wildman–Crippen MR) is 81.3 cm³/mol. The Labute approximate surface area is 118 Å². The lowest BCUT2D eigenvalue weighted by molar-refractivity contribution is 0.139. The van der Waals surface area contributed by atoms with Crippen molar-refractivity contribution in [3.63, 3.8) is 0 Å². The van der Waals surface area contributed by atoms with E-state index in [0.29, 0.717) is 11.8 Å². The molecule has 19 heavy (non-hydrogen) atoms. The van der Waals surface area contributed by atoms with Gasteiger partial charge in [0.2, 0.25) is 0 Å². The molecule has 0 saturated carbocycles. The third-order valence-corrected chi connectivity index (χ3v) is 4.61. The van der Waals surface area contributed by atoms with Crippen LogP contribution in [0.2, 0.25) is 0 Å². The zero-order valence-corrected chi connectivity index (χ0v) is 13.7. The van der Waals surface area contributed by atoms with Crippen LogP contribution in [-0.4, -0.2) is 56.5 Å². The van der Waals surface area contributed by atoms with Crippen LogP contribution in [0, 0.1) is 0 Å². The molecule has 0 aromatic heterocycles. The highest BCUT2D eigenvalue weighted by Gasteiger charge is 2.23. The molecular weight excluding hydrogens is 260 g/mol. The minimum Gasteiger partial charge on any atom is -0.311 e. The molecule has 1 saturated heterocycles. The third kappa shape index (κ3) is 7.90. The van der Waals surface area contributed by atoms with E-state index in [1.165, 1.54) is 25.5 Å². The molecule has 1 unspecified atom stereocenters. The number of nitrogens with one attached hydrogen (secondary N) is 1. The van der Waals surface area contributed by atoms with Crippen molar-refractivity contribution in [1.82, 2.24) is 10.2 Å². The molecular formula is C14H30N2O2S. The van der Waals surface area contributed by atoms with Gasteiger partial charge in [0.1, 0.15) is 9.84 Å². The topological polar surface area (TPSA) is 49.4 Å². The number of piperidine rings is 1. The highest BCUT2D eigenvalue weighted by molar-refractivity contribution is 7.90. The standard InChI is InChI=1S/C14H30N2O2S/c1-14(2,3)15-12-13-8-5-6-9-16(13)10-7-11-19(4,17)18/h13,15H,5-12H2,1-4H3. The number of nitrogens with zero attached hydrogens (tertiary/aromatic N) is 1. The van der Waals surface area contributed by atoms with Gasteiger partial charge in [-0.15, -0.1) is 0 Å². The Kier molecular flexibility index (Phi) is 6.27. The van der Waals surface area contributed by atoms with Gasteiger partial charge in [-0.2, -0.15) is 0 Å². The molecule has 1 N–H and O–H groups in total. The summed E-state index contributed by atoms with van der Waals surface area (Å²) in [7, 11) is -2.82. The fourth-order valence-corrected chi connectivity index (χ4v) is 3.19. The smallest absolute Gasteiger partial charge is 0.147 e. The van der Waals surface area contributed by atoms with E-state index in [0.717, 1.165) is 26.1 Å². The first-order valence-corrected chi connectivity index (χ1v) is 9.40. The molecule has 1 aliphatic rings. The average molecular weight is 290 g/mol. The summed E-state index contributed by atoms with van der Waals surface area (Å²) in [5.41, 5.74) is 0.149. The van der Waals surface area contributed by atoms with Gasteiger partial charge < -0.3 is 5.32 Å². The number of likely N-dealkylation sites (tertiary alicyclic amines) is 1. The Morgan fingerprint density at radius 3 is 2.53 bits per heavy atom. The third-order valence-electron chi connectivity index (χ3n) is 3.58. The minimum absolute atomic E-state index is 0.149. The molecule has 1 rings (SSSR count). The van der Waals surface area contributed by atoms with Crippen molar-refractivity contribution in [2.24, 2.45) is 0 Å². The normalized spacial score (nSPS) is 22.6. The molecule has 0 radical (unpaired) electrons. The van der Waals surface area contributed by atoms with E-state index in [1.54, 1.807) is 0 Å². The van der Waals surface area contributed by atoms with Crippen molar-refractivity contribution in [3.05, 3.63) is 0 Å². The largest absolute Gasteiger partial charge is 0.311 e. The van der Waals surface area contributed by atoms with Gasteiger partial charge in [0, 0.05) is 24.4 Å². The summed E-state index contributed by atoms with van der Waals surface area (Å²) < 4.78 is 22.4. The Bertz CT molecular complexity index is 360. The van der Waals surface area contributed by atoms with Gasteiger partial charge in [-0.1, -0.05) is 6.42 Å². The van der Waals surface area contributed by atoms with Crippen LogP contribution < -0.4 is 5.32 Å². The van der Waals surface area contributed by atoms with Crippen molar-refractivity contribution >= 4 is 9.84 Å². The summed E-state index contributed by atoms with van der Waals surface area (Å²) in [6.07, 6.45) is 5.83.